The van der Waals surface area contributed by atoms with Gasteiger partial charge in [-0.3, -0.25) is 4.68 Å². The van der Waals surface area contributed by atoms with Crippen molar-refractivity contribution in [2.75, 3.05) is 6.54 Å². The Kier molecular flexibility index (Phi) is 4.61. The first-order valence-electron chi connectivity index (χ1n) is 8.90. The molecule has 0 amide bonds. The number of hydrogen-bond acceptors (Lipinski definition) is 2. The molecule has 1 aliphatic rings. The van der Waals surface area contributed by atoms with E-state index in [4.69, 9.17) is 5.10 Å². The molecule has 0 saturated heterocycles. The highest BCUT2D eigenvalue weighted by Gasteiger charge is 2.21. The van der Waals surface area contributed by atoms with Gasteiger partial charge >= 0.3 is 0 Å². The van der Waals surface area contributed by atoms with Crippen LogP contribution in [0.3, 0.4) is 0 Å². The van der Waals surface area contributed by atoms with E-state index in [0.29, 0.717) is 0 Å². The molecule has 3 aromatic rings. The lowest BCUT2D eigenvalue weighted by atomic mass is 10.0. The Morgan fingerprint density at radius 1 is 1.08 bits per heavy atom. The lowest BCUT2D eigenvalue weighted by Gasteiger charge is -2.15. The molecule has 4 rings (SSSR count). The summed E-state index contributed by atoms with van der Waals surface area (Å²) in [5.41, 5.74) is 5.65. The molecular formula is C21H22FN3. The number of aryl methyl sites for hydroxylation is 2. The molecule has 1 aromatic heterocycles. The van der Waals surface area contributed by atoms with Gasteiger partial charge in [0.1, 0.15) is 5.82 Å². The van der Waals surface area contributed by atoms with Crippen LogP contribution in [0.1, 0.15) is 23.2 Å². The Bertz CT molecular complexity index is 855. The summed E-state index contributed by atoms with van der Waals surface area (Å²) in [4.78, 5) is 0. The summed E-state index contributed by atoms with van der Waals surface area (Å²) >= 11 is 0. The van der Waals surface area contributed by atoms with Crippen molar-refractivity contribution in [3.05, 3.63) is 77.2 Å². The lowest BCUT2D eigenvalue weighted by Crippen LogP contribution is -2.25. The predicted octanol–water partition coefficient (Wildman–Crippen LogP) is 3.97. The summed E-state index contributed by atoms with van der Waals surface area (Å²) in [5.74, 6) is -0.214. The van der Waals surface area contributed by atoms with Crippen LogP contribution in [0, 0.1) is 5.82 Å². The van der Waals surface area contributed by atoms with Crippen LogP contribution in [-0.4, -0.2) is 16.3 Å². The largest absolute Gasteiger partial charge is 0.312 e. The zero-order chi connectivity index (χ0) is 17.1. The SMILES string of the molecule is Fc1cccc(-c2nn(CCCc3ccccc3)c3c2CNCC3)c1. The topological polar surface area (TPSA) is 29.9 Å². The minimum absolute atomic E-state index is 0.214. The summed E-state index contributed by atoms with van der Waals surface area (Å²) in [6.07, 6.45) is 3.07. The third-order valence-electron chi connectivity index (χ3n) is 4.78. The van der Waals surface area contributed by atoms with Gasteiger partial charge in [0.15, 0.2) is 0 Å². The second-order valence-corrected chi connectivity index (χ2v) is 6.52. The van der Waals surface area contributed by atoms with E-state index >= 15 is 0 Å². The van der Waals surface area contributed by atoms with Crippen molar-refractivity contribution in [3.8, 4) is 11.3 Å². The number of rotatable bonds is 5. The fourth-order valence-corrected chi connectivity index (χ4v) is 3.55. The molecule has 128 valence electrons. The molecule has 2 aromatic carbocycles. The van der Waals surface area contributed by atoms with E-state index in [9.17, 15) is 4.39 Å². The Labute approximate surface area is 147 Å². The number of nitrogens with zero attached hydrogens (tertiary/aromatic N) is 2. The lowest BCUT2D eigenvalue weighted by molar-refractivity contribution is 0.532. The summed E-state index contributed by atoms with van der Waals surface area (Å²) in [6.45, 7) is 2.67. The van der Waals surface area contributed by atoms with Crippen molar-refractivity contribution in [2.45, 2.75) is 32.4 Å². The Morgan fingerprint density at radius 2 is 1.96 bits per heavy atom. The highest BCUT2D eigenvalue weighted by Crippen LogP contribution is 2.28. The second kappa shape index (κ2) is 7.19. The molecule has 0 bridgehead atoms. The molecule has 0 saturated carbocycles. The molecule has 25 heavy (non-hydrogen) atoms. The van der Waals surface area contributed by atoms with Gasteiger partial charge in [0.05, 0.1) is 5.69 Å². The van der Waals surface area contributed by atoms with E-state index in [2.05, 4.69) is 34.3 Å². The van der Waals surface area contributed by atoms with E-state index in [1.165, 1.54) is 22.9 Å². The van der Waals surface area contributed by atoms with Gasteiger partial charge in [0.2, 0.25) is 0 Å². The Morgan fingerprint density at radius 3 is 2.80 bits per heavy atom. The zero-order valence-corrected chi connectivity index (χ0v) is 14.2. The fourth-order valence-electron chi connectivity index (χ4n) is 3.55. The Hall–Kier alpha value is -2.46. The maximum Gasteiger partial charge on any atom is 0.123 e. The van der Waals surface area contributed by atoms with E-state index in [1.54, 1.807) is 12.1 Å². The van der Waals surface area contributed by atoms with Gasteiger partial charge in [-0.25, -0.2) is 4.39 Å². The van der Waals surface area contributed by atoms with E-state index in [-0.39, 0.29) is 5.82 Å². The highest BCUT2D eigenvalue weighted by molar-refractivity contribution is 5.64. The van der Waals surface area contributed by atoms with Crippen LogP contribution in [0.2, 0.25) is 0 Å². The van der Waals surface area contributed by atoms with Gasteiger partial charge in [-0.1, -0.05) is 42.5 Å². The number of hydrogen-bond donors (Lipinski definition) is 1. The molecule has 0 aliphatic carbocycles. The van der Waals surface area contributed by atoms with Crippen LogP contribution >= 0.6 is 0 Å². The Balaban J connectivity index is 1.58. The number of aromatic nitrogens is 2. The standard InChI is InChI=1S/C21H22FN3/c22-18-10-4-9-17(14-18)21-19-15-23-12-11-20(19)25(24-21)13-5-8-16-6-2-1-3-7-16/h1-4,6-7,9-10,14,23H,5,8,11-13,15H2. The molecule has 0 fully saturated rings. The molecule has 0 atom stereocenters. The van der Waals surface area contributed by atoms with Crippen molar-refractivity contribution in [3.63, 3.8) is 0 Å². The molecular weight excluding hydrogens is 313 g/mol. The summed E-state index contributed by atoms with van der Waals surface area (Å²) in [5, 5.41) is 8.26. The normalized spacial score (nSPS) is 13.6. The molecule has 0 unspecified atom stereocenters. The maximum absolute atomic E-state index is 13.6. The second-order valence-electron chi connectivity index (χ2n) is 6.52. The molecule has 4 heteroatoms. The van der Waals surface area contributed by atoms with Crippen molar-refractivity contribution in [2.24, 2.45) is 0 Å². The first kappa shape index (κ1) is 16.0. The van der Waals surface area contributed by atoms with Gasteiger partial charge in [0.25, 0.3) is 0 Å². The molecule has 0 radical (unpaired) electrons. The van der Waals surface area contributed by atoms with Gasteiger partial charge in [-0.05, 0) is 30.5 Å². The van der Waals surface area contributed by atoms with E-state index < -0.39 is 0 Å². The summed E-state index contributed by atoms with van der Waals surface area (Å²) in [6, 6.07) is 17.3. The summed E-state index contributed by atoms with van der Waals surface area (Å²) < 4.78 is 15.8. The third-order valence-corrected chi connectivity index (χ3v) is 4.78. The number of halogens is 1. The molecule has 3 nitrogen and oxygen atoms in total. The predicted molar refractivity (Wildman–Crippen MR) is 97.8 cm³/mol. The smallest absolute Gasteiger partial charge is 0.123 e. The molecule has 2 heterocycles. The van der Waals surface area contributed by atoms with Crippen LogP contribution in [0.25, 0.3) is 11.3 Å². The van der Waals surface area contributed by atoms with Crippen molar-refractivity contribution >= 4 is 0 Å². The first-order chi connectivity index (χ1) is 12.3. The van der Waals surface area contributed by atoms with Crippen LogP contribution < -0.4 is 5.32 Å². The quantitative estimate of drug-likeness (QED) is 0.765. The number of fused-ring (bicyclic) bond motifs is 1. The van der Waals surface area contributed by atoms with Crippen LogP contribution in [-0.2, 0) is 25.9 Å². The van der Waals surface area contributed by atoms with Crippen LogP contribution in [0.4, 0.5) is 4.39 Å². The fraction of sp³-hybridized carbons (Fsp3) is 0.286. The van der Waals surface area contributed by atoms with Crippen molar-refractivity contribution < 1.29 is 4.39 Å². The third kappa shape index (κ3) is 3.49. The minimum Gasteiger partial charge on any atom is -0.312 e. The highest BCUT2D eigenvalue weighted by atomic mass is 19.1. The van der Waals surface area contributed by atoms with Crippen LogP contribution in [0.5, 0.6) is 0 Å². The average Bonchev–Trinajstić information content (AvgIpc) is 3.02. The van der Waals surface area contributed by atoms with E-state index in [1.807, 2.05) is 12.1 Å². The number of benzene rings is 2. The van der Waals surface area contributed by atoms with Crippen LogP contribution in [0.15, 0.2) is 54.6 Å². The van der Waals surface area contributed by atoms with Crippen molar-refractivity contribution in [1.29, 1.82) is 0 Å². The monoisotopic (exact) mass is 335 g/mol. The number of nitrogens with one attached hydrogen (secondary N) is 1. The van der Waals surface area contributed by atoms with Gasteiger partial charge in [0, 0.05) is 42.9 Å². The van der Waals surface area contributed by atoms with Gasteiger partial charge in [-0.15, -0.1) is 0 Å². The van der Waals surface area contributed by atoms with Gasteiger partial charge in [-0.2, -0.15) is 5.10 Å². The maximum atomic E-state index is 13.6. The molecule has 1 N–H and O–H groups in total. The minimum atomic E-state index is -0.214. The van der Waals surface area contributed by atoms with Gasteiger partial charge < -0.3 is 5.32 Å². The first-order valence-corrected chi connectivity index (χ1v) is 8.90. The zero-order valence-electron chi connectivity index (χ0n) is 14.2. The average molecular weight is 335 g/mol. The molecule has 1 aliphatic heterocycles. The molecule has 0 spiro atoms. The van der Waals surface area contributed by atoms with E-state index in [0.717, 1.165) is 50.2 Å². The van der Waals surface area contributed by atoms with Crippen molar-refractivity contribution in [1.82, 2.24) is 15.1 Å². The summed E-state index contributed by atoms with van der Waals surface area (Å²) in [7, 11) is 0.